The molecule has 3 aromatic rings. The van der Waals surface area contributed by atoms with E-state index in [2.05, 4.69) is 15.0 Å². The molecular weight excluding hydrogens is 362 g/mol. The van der Waals surface area contributed by atoms with Crippen molar-refractivity contribution in [3.63, 3.8) is 0 Å². The zero-order chi connectivity index (χ0) is 19.4. The second kappa shape index (κ2) is 7.94. The lowest BCUT2D eigenvalue weighted by Crippen LogP contribution is -2.49. The highest BCUT2D eigenvalue weighted by Gasteiger charge is 2.27. The molecule has 0 spiro atoms. The van der Waals surface area contributed by atoms with Crippen LogP contribution in [-0.4, -0.2) is 31.4 Å². The van der Waals surface area contributed by atoms with Crippen molar-refractivity contribution < 1.29 is 13.2 Å². The van der Waals surface area contributed by atoms with Gasteiger partial charge in [0, 0.05) is 23.1 Å². The molecule has 1 aromatic heterocycles. The number of para-hydroxylation sites is 1. The Morgan fingerprint density at radius 3 is 2.41 bits per heavy atom. The van der Waals surface area contributed by atoms with Crippen molar-refractivity contribution in [1.29, 1.82) is 0 Å². The maximum absolute atomic E-state index is 12.7. The molecule has 0 saturated heterocycles. The van der Waals surface area contributed by atoms with Crippen molar-refractivity contribution in [2.45, 2.75) is 37.2 Å². The Hall–Kier alpha value is -2.64. The van der Waals surface area contributed by atoms with E-state index in [0.717, 1.165) is 16.5 Å². The van der Waals surface area contributed by atoms with Gasteiger partial charge in [0.15, 0.2) is 0 Å². The second-order valence-corrected chi connectivity index (χ2v) is 8.43. The quantitative estimate of drug-likeness (QED) is 0.584. The number of sulfonamides is 1. The minimum absolute atomic E-state index is 0.0933. The highest BCUT2D eigenvalue weighted by Crippen LogP contribution is 2.20. The van der Waals surface area contributed by atoms with E-state index in [1.807, 2.05) is 44.3 Å². The maximum Gasteiger partial charge on any atom is 0.241 e. The van der Waals surface area contributed by atoms with Crippen LogP contribution in [0, 0.1) is 0 Å². The van der Waals surface area contributed by atoms with Crippen LogP contribution in [-0.2, 0) is 21.2 Å². The van der Waals surface area contributed by atoms with E-state index >= 15 is 0 Å². The molecule has 0 aliphatic heterocycles. The molecule has 27 heavy (non-hydrogen) atoms. The number of hydrogen-bond donors (Lipinski definition) is 3. The minimum Gasteiger partial charge on any atom is -0.361 e. The standard InChI is InChI=1S/C20H23N3O3S/c1-14(2)22-20(24)19(23-27(25,26)16-8-4-3-5-9-16)12-15-13-21-18-11-7-6-10-17(15)18/h3-11,13-14,19,21,23H,12H2,1-2H3,(H,22,24)/t19-/m0/s1. The average Bonchev–Trinajstić information content (AvgIpc) is 3.04. The molecule has 142 valence electrons. The van der Waals surface area contributed by atoms with Gasteiger partial charge in [-0.05, 0) is 44.0 Å². The number of H-pyrrole nitrogens is 1. The molecule has 0 bridgehead atoms. The molecule has 7 heteroatoms. The van der Waals surface area contributed by atoms with E-state index in [4.69, 9.17) is 0 Å². The molecule has 1 heterocycles. The molecule has 1 atom stereocenters. The fourth-order valence-corrected chi connectivity index (χ4v) is 4.16. The fraction of sp³-hybridized carbons (Fsp3) is 0.250. The van der Waals surface area contributed by atoms with Crippen LogP contribution in [0.1, 0.15) is 19.4 Å². The number of amides is 1. The van der Waals surface area contributed by atoms with E-state index in [9.17, 15) is 13.2 Å². The summed E-state index contributed by atoms with van der Waals surface area (Å²) in [6.07, 6.45) is 2.06. The van der Waals surface area contributed by atoms with Crippen molar-refractivity contribution in [3.05, 3.63) is 66.4 Å². The van der Waals surface area contributed by atoms with Gasteiger partial charge in [-0.1, -0.05) is 36.4 Å². The molecule has 3 rings (SSSR count). The van der Waals surface area contributed by atoms with Crippen LogP contribution in [0.15, 0.2) is 65.7 Å². The second-order valence-electron chi connectivity index (χ2n) is 6.71. The van der Waals surface area contributed by atoms with Gasteiger partial charge in [-0.25, -0.2) is 8.42 Å². The Balaban J connectivity index is 1.90. The van der Waals surface area contributed by atoms with Gasteiger partial charge in [-0.15, -0.1) is 0 Å². The number of nitrogens with one attached hydrogen (secondary N) is 3. The molecule has 0 radical (unpaired) electrons. The lowest BCUT2D eigenvalue weighted by Gasteiger charge is -2.20. The number of carbonyl (C=O) groups excluding carboxylic acids is 1. The molecule has 0 aliphatic carbocycles. The fourth-order valence-electron chi connectivity index (χ4n) is 2.95. The molecular formula is C20H23N3O3S. The maximum atomic E-state index is 12.7. The van der Waals surface area contributed by atoms with Crippen LogP contribution < -0.4 is 10.0 Å². The summed E-state index contributed by atoms with van der Waals surface area (Å²) in [5, 5.41) is 3.77. The molecule has 2 aromatic carbocycles. The summed E-state index contributed by atoms with van der Waals surface area (Å²) < 4.78 is 28.0. The molecule has 0 unspecified atom stereocenters. The van der Waals surface area contributed by atoms with Gasteiger partial charge in [0.25, 0.3) is 0 Å². The van der Waals surface area contributed by atoms with Crippen LogP contribution in [0.25, 0.3) is 10.9 Å². The van der Waals surface area contributed by atoms with Crippen LogP contribution in [0.2, 0.25) is 0 Å². The lowest BCUT2D eigenvalue weighted by molar-refractivity contribution is -0.123. The third kappa shape index (κ3) is 4.56. The number of hydrogen-bond acceptors (Lipinski definition) is 3. The van der Waals surface area contributed by atoms with E-state index in [-0.39, 0.29) is 23.3 Å². The molecule has 1 amide bonds. The van der Waals surface area contributed by atoms with Crippen molar-refractivity contribution in [2.75, 3.05) is 0 Å². The Morgan fingerprint density at radius 1 is 1.04 bits per heavy atom. The summed E-state index contributed by atoms with van der Waals surface area (Å²) in [7, 11) is -3.82. The predicted molar refractivity (Wildman–Crippen MR) is 106 cm³/mol. The van der Waals surface area contributed by atoms with Gasteiger partial charge in [-0.2, -0.15) is 4.72 Å². The Labute approximate surface area is 159 Å². The Bertz CT molecular complexity index is 1030. The predicted octanol–water partition coefficient (Wildman–Crippen LogP) is 2.58. The first kappa shape index (κ1) is 19.1. The summed E-state index contributed by atoms with van der Waals surface area (Å²) in [4.78, 5) is 16.0. The van der Waals surface area contributed by atoms with Gasteiger partial charge in [-0.3, -0.25) is 4.79 Å². The van der Waals surface area contributed by atoms with Crippen LogP contribution in [0.5, 0.6) is 0 Å². The number of fused-ring (bicyclic) bond motifs is 1. The highest BCUT2D eigenvalue weighted by atomic mass is 32.2. The summed E-state index contributed by atoms with van der Waals surface area (Å²) in [5.41, 5.74) is 1.83. The zero-order valence-corrected chi connectivity index (χ0v) is 16.1. The normalized spacial score (nSPS) is 13.0. The van der Waals surface area contributed by atoms with Crippen LogP contribution >= 0.6 is 0 Å². The molecule has 3 N–H and O–H groups in total. The summed E-state index contributed by atoms with van der Waals surface area (Å²) in [5.74, 6) is -0.352. The first-order valence-electron chi connectivity index (χ1n) is 8.79. The lowest BCUT2D eigenvalue weighted by atomic mass is 10.0. The van der Waals surface area contributed by atoms with Crippen LogP contribution in [0.4, 0.5) is 0 Å². The van der Waals surface area contributed by atoms with Crippen molar-refractivity contribution >= 4 is 26.8 Å². The third-order valence-electron chi connectivity index (χ3n) is 4.20. The Morgan fingerprint density at radius 2 is 1.70 bits per heavy atom. The average molecular weight is 385 g/mol. The van der Waals surface area contributed by atoms with Crippen LogP contribution in [0.3, 0.4) is 0 Å². The van der Waals surface area contributed by atoms with Gasteiger partial charge in [0.1, 0.15) is 6.04 Å². The summed E-state index contributed by atoms with van der Waals surface area (Å²) in [6.45, 7) is 3.68. The van der Waals surface area contributed by atoms with Gasteiger partial charge in [0.05, 0.1) is 4.90 Å². The molecule has 0 aliphatic rings. The number of aromatic nitrogens is 1. The molecule has 6 nitrogen and oxygen atoms in total. The molecule has 0 saturated carbocycles. The van der Waals surface area contributed by atoms with E-state index in [1.54, 1.807) is 18.2 Å². The van der Waals surface area contributed by atoms with Crippen molar-refractivity contribution in [3.8, 4) is 0 Å². The van der Waals surface area contributed by atoms with E-state index in [1.165, 1.54) is 12.1 Å². The minimum atomic E-state index is -3.82. The largest absolute Gasteiger partial charge is 0.361 e. The van der Waals surface area contributed by atoms with E-state index in [0.29, 0.717) is 0 Å². The smallest absolute Gasteiger partial charge is 0.241 e. The molecule has 0 fully saturated rings. The van der Waals surface area contributed by atoms with E-state index < -0.39 is 16.1 Å². The summed E-state index contributed by atoms with van der Waals surface area (Å²) >= 11 is 0. The number of carbonyl (C=O) groups is 1. The van der Waals surface area contributed by atoms with Crippen molar-refractivity contribution in [1.82, 2.24) is 15.0 Å². The SMILES string of the molecule is CC(C)NC(=O)[C@H](Cc1c[nH]c2ccccc12)NS(=O)(=O)c1ccccc1. The first-order chi connectivity index (χ1) is 12.9. The number of benzene rings is 2. The van der Waals surface area contributed by atoms with Gasteiger partial charge in [0.2, 0.25) is 15.9 Å². The number of aromatic amines is 1. The number of rotatable bonds is 7. The Kier molecular flexibility index (Phi) is 5.62. The monoisotopic (exact) mass is 385 g/mol. The zero-order valence-electron chi connectivity index (χ0n) is 15.3. The third-order valence-corrected chi connectivity index (χ3v) is 5.68. The topological polar surface area (TPSA) is 91.1 Å². The highest BCUT2D eigenvalue weighted by molar-refractivity contribution is 7.89. The summed E-state index contributed by atoms with van der Waals surface area (Å²) in [6, 6.07) is 14.8. The van der Waals surface area contributed by atoms with Gasteiger partial charge < -0.3 is 10.3 Å². The first-order valence-corrected chi connectivity index (χ1v) is 10.3. The van der Waals surface area contributed by atoms with Crippen molar-refractivity contribution in [2.24, 2.45) is 0 Å². The van der Waals surface area contributed by atoms with Gasteiger partial charge >= 0.3 is 0 Å².